The lowest BCUT2D eigenvalue weighted by atomic mass is 9.80. The fourth-order valence-corrected chi connectivity index (χ4v) is 6.48. The Hall–Kier alpha value is -2.16. The molecule has 2 N–H and O–H groups in total. The summed E-state index contributed by atoms with van der Waals surface area (Å²) < 4.78 is 0. The van der Waals surface area contributed by atoms with Crippen molar-refractivity contribution in [3.8, 4) is 0 Å². The highest BCUT2D eigenvalue weighted by atomic mass is 15.3. The summed E-state index contributed by atoms with van der Waals surface area (Å²) in [5.74, 6) is 1.90. The van der Waals surface area contributed by atoms with Crippen LogP contribution in [-0.2, 0) is 0 Å². The smallest absolute Gasteiger partial charge is 0.103 e. The van der Waals surface area contributed by atoms with Crippen LogP contribution in [0.25, 0.3) is 0 Å². The molecule has 3 nitrogen and oxygen atoms in total. The zero-order valence-electron chi connectivity index (χ0n) is 20.8. The Balaban J connectivity index is 1.40. The third kappa shape index (κ3) is 5.18. The Morgan fingerprint density at radius 2 is 1.94 bits per heavy atom. The van der Waals surface area contributed by atoms with Gasteiger partial charge in [0.15, 0.2) is 0 Å². The molecule has 3 heteroatoms. The van der Waals surface area contributed by atoms with Crippen LogP contribution < -0.4 is 10.6 Å². The van der Waals surface area contributed by atoms with Crippen molar-refractivity contribution in [2.45, 2.75) is 103 Å². The summed E-state index contributed by atoms with van der Waals surface area (Å²) in [5, 5.41) is 8.00. The second-order valence-electron chi connectivity index (χ2n) is 10.9. The fourth-order valence-electron chi connectivity index (χ4n) is 6.48. The maximum Gasteiger partial charge on any atom is 0.103 e. The van der Waals surface area contributed by atoms with Gasteiger partial charge in [-0.1, -0.05) is 49.0 Å². The largest absolute Gasteiger partial charge is 0.385 e. The van der Waals surface area contributed by atoms with Crippen molar-refractivity contribution in [1.82, 2.24) is 15.5 Å². The normalized spacial score (nSPS) is 33.6. The standard InChI is InChI=1S/C30H43N3/c1-22-17-19-25(20-18-22)31-27-14-8-15-28-30(27)23(2)10-6-7-21-33(28)29-16-9-13-26(32-29)24-11-4-3-5-12-24/h6-7,9,11,13,16-17,23,25-26,28,31-32H,3-5,8,10,12,14-15,18-21H2,1-2H3/b7-6-. The molecule has 0 amide bonds. The van der Waals surface area contributed by atoms with Crippen molar-refractivity contribution in [2.75, 3.05) is 6.54 Å². The van der Waals surface area contributed by atoms with E-state index < -0.39 is 0 Å². The molecule has 3 aliphatic carbocycles. The Morgan fingerprint density at radius 3 is 2.76 bits per heavy atom. The Kier molecular flexibility index (Phi) is 7.13. The average molecular weight is 446 g/mol. The third-order valence-corrected chi connectivity index (χ3v) is 8.39. The molecule has 0 saturated heterocycles. The Morgan fingerprint density at radius 1 is 1.00 bits per heavy atom. The van der Waals surface area contributed by atoms with E-state index in [0.29, 0.717) is 24.0 Å². The van der Waals surface area contributed by atoms with Gasteiger partial charge in [0.2, 0.25) is 0 Å². The second kappa shape index (κ2) is 10.4. The molecule has 0 aromatic rings. The van der Waals surface area contributed by atoms with Gasteiger partial charge in [-0.25, -0.2) is 0 Å². The van der Waals surface area contributed by atoms with Crippen LogP contribution in [0.5, 0.6) is 0 Å². The molecule has 2 aliphatic heterocycles. The highest BCUT2D eigenvalue weighted by Gasteiger charge is 2.34. The number of hydrogen-bond donors (Lipinski definition) is 2. The van der Waals surface area contributed by atoms with E-state index in [0.717, 1.165) is 13.0 Å². The first-order valence-electron chi connectivity index (χ1n) is 13.6. The van der Waals surface area contributed by atoms with Crippen LogP contribution in [0.1, 0.15) is 84.5 Å². The van der Waals surface area contributed by atoms with Gasteiger partial charge in [-0.15, -0.1) is 0 Å². The summed E-state index contributed by atoms with van der Waals surface area (Å²) in [6.45, 7) is 5.73. The van der Waals surface area contributed by atoms with E-state index in [-0.39, 0.29) is 0 Å². The van der Waals surface area contributed by atoms with Crippen molar-refractivity contribution >= 4 is 0 Å². The van der Waals surface area contributed by atoms with Gasteiger partial charge in [0, 0.05) is 18.3 Å². The fraction of sp³-hybridized carbons (Fsp3) is 0.600. The summed E-state index contributed by atoms with van der Waals surface area (Å²) in [4.78, 5) is 2.67. The van der Waals surface area contributed by atoms with Crippen LogP contribution in [0.2, 0.25) is 0 Å². The lowest BCUT2D eigenvalue weighted by Crippen LogP contribution is -2.48. The van der Waals surface area contributed by atoms with E-state index in [1.807, 2.05) is 0 Å². The average Bonchev–Trinajstić information content (AvgIpc) is 2.85. The van der Waals surface area contributed by atoms with Crippen molar-refractivity contribution in [3.63, 3.8) is 0 Å². The SMILES string of the molecule is CC1=CCC(NC2=C3C(C)C/C=C\CN(C4=CC=CC(C5=CCCCC5)N4)C3CCC2)CC1. The van der Waals surface area contributed by atoms with Gasteiger partial charge in [0.25, 0.3) is 0 Å². The predicted octanol–water partition coefficient (Wildman–Crippen LogP) is 6.65. The van der Waals surface area contributed by atoms with Crippen molar-refractivity contribution < 1.29 is 0 Å². The number of rotatable bonds is 4. The second-order valence-corrected chi connectivity index (χ2v) is 10.9. The molecular weight excluding hydrogens is 402 g/mol. The van der Waals surface area contributed by atoms with E-state index in [1.54, 1.807) is 22.4 Å². The summed E-state index contributed by atoms with van der Waals surface area (Å²) in [6, 6.07) is 1.46. The van der Waals surface area contributed by atoms with E-state index in [1.165, 1.54) is 70.0 Å². The number of dihydropyridines is 1. The van der Waals surface area contributed by atoms with E-state index in [9.17, 15) is 0 Å². The van der Waals surface area contributed by atoms with Crippen LogP contribution in [0.3, 0.4) is 0 Å². The van der Waals surface area contributed by atoms with Crippen LogP contribution in [0.4, 0.5) is 0 Å². The van der Waals surface area contributed by atoms with E-state index in [2.05, 4.69) is 71.9 Å². The quantitative estimate of drug-likeness (QED) is 0.474. The first-order chi connectivity index (χ1) is 16.2. The minimum absolute atomic E-state index is 0.364. The molecule has 0 aromatic heterocycles. The van der Waals surface area contributed by atoms with Crippen LogP contribution in [-0.4, -0.2) is 29.6 Å². The summed E-state index contributed by atoms with van der Waals surface area (Å²) in [6.07, 6.45) is 30.5. The lowest BCUT2D eigenvalue weighted by molar-refractivity contribution is 0.238. The number of nitrogens with one attached hydrogen (secondary N) is 2. The van der Waals surface area contributed by atoms with Gasteiger partial charge in [0.1, 0.15) is 5.82 Å². The maximum absolute atomic E-state index is 4.06. The summed E-state index contributed by atoms with van der Waals surface area (Å²) in [7, 11) is 0. The van der Waals surface area contributed by atoms with Crippen molar-refractivity contribution in [1.29, 1.82) is 0 Å². The molecule has 0 aromatic carbocycles. The van der Waals surface area contributed by atoms with Crippen molar-refractivity contribution in [2.24, 2.45) is 5.92 Å². The van der Waals surface area contributed by atoms with Gasteiger partial charge in [-0.3, -0.25) is 0 Å². The summed E-state index contributed by atoms with van der Waals surface area (Å²) >= 11 is 0. The Labute approximate surface area is 201 Å². The minimum Gasteiger partial charge on any atom is -0.385 e. The molecule has 0 bridgehead atoms. The van der Waals surface area contributed by atoms with Gasteiger partial charge >= 0.3 is 0 Å². The van der Waals surface area contributed by atoms with Gasteiger partial charge in [0.05, 0.1) is 12.1 Å². The van der Waals surface area contributed by atoms with Crippen LogP contribution >= 0.6 is 0 Å². The van der Waals surface area contributed by atoms with Gasteiger partial charge < -0.3 is 15.5 Å². The molecule has 2 heterocycles. The highest BCUT2D eigenvalue weighted by Crippen LogP contribution is 2.37. The first-order valence-corrected chi connectivity index (χ1v) is 13.6. The molecule has 33 heavy (non-hydrogen) atoms. The third-order valence-electron chi connectivity index (χ3n) is 8.39. The van der Waals surface area contributed by atoms with Crippen LogP contribution in [0, 0.1) is 5.92 Å². The molecular formula is C30H43N3. The minimum atomic E-state index is 0.364. The number of allylic oxidation sites excluding steroid dienone is 6. The van der Waals surface area contributed by atoms with E-state index in [4.69, 9.17) is 0 Å². The maximum atomic E-state index is 4.06. The van der Waals surface area contributed by atoms with Crippen LogP contribution in [0.15, 0.2) is 70.8 Å². The summed E-state index contributed by atoms with van der Waals surface area (Å²) in [5.41, 5.74) is 6.40. The Bertz CT molecular complexity index is 900. The number of nitrogens with zero attached hydrogens (tertiary/aromatic N) is 1. The molecule has 4 unspecified atom stereocenters. The molecule has 0 fully saturated rings. The monoisotopic (exact) mass is 445 g/mol. The molecule has 178 valence electrons. The van der Waals surface area contributed by atoms with Gasteiger partial charge in [-0.2, -0.15) is 0 Å². The number of hydrogen-bond acceptors (Lipinski definition) is 3. The topological polar surface area (TPSA) is 27.3 Å². The number of fused-ring (bicyclic) bond motifs is 1. The molecule has 5 rings (SSSR count). The van der Waals surface area contributed by atoms with Gasteiger partial charge in [-0.05, 0) is 101 Å². The predicted molar refractivity (Wildman–Crippen MR) is 140 cm³/mol. The molecule has 5 aliphatic rings. The molecule has 0 saturated carbocycles. The highest BCUT2D eigenvalue weighted by molar-refractivity contribution is 5.33. The molecule has 0 spiro atoms. The zero-order valence-corrected chi connectivity index (χ0v) is 20.8. The van der Waals surface area contributed by atoms with Crippen molar-refractivity contribution in [3.05, 3.63) is 70.8 Å². The van der Waals surface area contributed by atoms with E-state index >= 15 is 0 Å². The lowest BCUT2D eigenvalue weighted by Gasteiger charge is -2.44. The first kappa shape index (κ1) is 22.6. The molecule has 0 radical (unpaired) electrons. The zero-order chi connectivity index (χ0) is 22.6. The molecule has 4 atom stereocenters.